The van der Waals surface area contributed by atoms with Crippen LogP contribution in [0.5, 0.6) is 0 Å². The maximum absolute atomic E-state index is 11.9. The Morgan fingerprint density at radius 1 is 0.252 bits per heavy atom. The summed E-state index contributed by atoms with van der Waals surface area (Å²) in [5.74, 6) is -9.37. The molecule has 8 N–H and O–H groups in total. The molecule has 0 aliphatic carbocycles. The third-order valence-corrected chi connectivity index (χ3v) is 16.7. The molecular weight excluding hydrogens is 1820 g/mol. The van der Waals surface area contributed by atoms with Crippen LogP contribution in [-0.2, 0) is 186 Å². The lowest BCUT2D eigenvalue weighted by Crippen LogP contribution is -2.43. The number of carbonyl (C=O) groups excluding carboxylic acids is 14. The molecule has 0 amide bonds. The quantitative estimate of drug-likeness (QED) is 0.0105. The van der Waals surface area contributed by atoms with Gasteiger partial charge < -0.3 is 140 Å². The van der Waals surface area contributed by atoms with Crippen molar-refractivity contribution in [3.8, 4) is 0 Å². The fourth-order valence-corrected chi connectivity index (χ4v) is 10.3. The lowest BCUT2D eigenvalue weighted by Gasteiger charge is -2.33. The first kappa shape index (κ1) is 129. The minimum Gasteiger partial charge on any atom is -0.481 e. The van der Waals surface area contributed by atoms with E-state index in [2.05, 4.69) is 24.7 Å². The van der Waals surface area contributed by atoms with Gasteiger partial charge in [0.25, 0.3) is 0 Å². The highest BCUT2D eigenvalue weighted by Crippen LogP contribution is 2.25. The van der Waals surface area contributed by atoms with Crippen LogP contribution in [0.1, 0.15) is 152 Å². The van der Waals surface area contributed by atoms with Gasteiger partial charge in [-0.2, -0.15) is 0 Å². The summed E-state index contributed by atoms with van der Waals surface area (Å²) in [7, 11) is 0. The average molecular weight is 1960 g/mol. The summed E-state index contributed by atoms with van der Waals surface area (Å²) in [6.45, 7) is -0.00238. The van der Waals surface area contributed by atoms with E-state index in [4.69, 9.17) is 136 Å². The molecule has 0 radical (unpaired) electrons. The number of nitrogens with zero attached hydrogens (tertiary/aromatic N) is 4. The molecule has 0 aromatic carbocycles. The van der Waals surface area contributed by atoms with Crippen molar-refractivity contribution in [2.24, 2.45) is 36.2 Å². The number of hydrogen-bond acceptors (Lipinski definition) is 47. The Morgan fingerprint density at radius 2 is 0.407 bits per heavy atom. The van der Waals surface area contributed by atoms with Crippen LogP contribution >= 0.6 is 0 Å². The number of aliphatic imine (C=N–C) groups is 4. The number of carboxylic acids is 4. The molecule has 778 valence electrons. The maximum Gasteiger partial charge on any atom is 0.313 e. The second-order valence-corrected chi connectivity index (χ2v) is 28.8. The van der Waals surface area contributed by atoms with Crippen LogP contribution in [0, 0.1) is 16.2 Å². The SMILES string of the molecule is O=C(O)CCCC(=O)OCCOCC(COCCOC(=O)CCCC(=O)O)(COCCOC(=O)CCCC(=O)O)COCCOC(=O)CCCC(=O)O.O=C1CCCC(=O)O1.O=C=NCCCC(=O)OCCOCC(COCCOC(=O)CCCN=C=O)(COCCOC(=O)CCCN=C=O)COCCOC(=O)CCCN=C=O.OCCOCC(COCCO)(COCCO)COCCO.[HH].[HH].[HH]. The summed E-state index contributed by atoms with van der Waals surface area (Å²) >= 11 is 0. The topological polar surface area (TPSA) is 712 Å². The molecule has 1 saturated heterocycles. The molecule has 0 unspecified atom stereocenters. The number of esters is 10. The normalized spacial score (nSPS) is 11.9. The Bertz CT molecular complexity index is 2910. The lowest BCUT2D eigenvalue weighted by molar-refractivity contribution is -0.163. The molecule has 1 aliphatic rings. The maximum atomic E-state index is 11.9. The molecular formula is C84H140N4O47. The van der Waals surface area contributed by atoms with E-state index in [1.165, 1.54) is 24.3 Å². The van der Waals surface area contributed by atoms with Crippen molar-refractivity contribution < 1.29 is 231 Å². The molecule has 0 saturated carbocycles. The van der Waals surface area contributed by atoms with Gasteiger partial charge in [-0.25, -0.2) is 39.1 Å². The fraction of sp³-hybridized carbons (Fsp3) is 0.786. The number of carboxylic acid groups (broad SMARTS) is 4. The smallest absolute Gasteiger partial charge is 0.313 e. The minimum atomic E-state index is -1.09. The van der Waals surface area contributed by atoms with Gasteiger partial charge in [0.1, 0.15) is 52.9 Å². The van der Waals surface area contributed by atoms with Crippen molar-refractivity contribution in [3.05, 3.63) is 0 Å². The number of isocyanates is 4. The first-order valence-corrected chi connectivity index (χ1v) is 43.5. The number of aliphatic hydroxyl groups is 4. The summed E-state index contributed by atoms with van der Waals surface area (Å²) in [4.78, 5) is 212. The van der Waals surface area contributed by atoms with E-state index in [1.54, 1.807) is 0 Å². The first-order chi connectivity index (χ1) is 65.1. The van der Waals surface area contributed by atoms with Gasteiger partial charge in [0.05, 0.1) is 227 Å². The monoisotopic (exact) mass is 1960 g/mol. The third-order valence-electron chi connectivity index (χ3n) is 16.7. The molecule has 51 nitrogen and oxygen atoms in total. The Morgan fingerprint density at radius 3 is 0.541 bits per heavy atom. The highest BCUT2D eigenvalue weighted by atomic mass is 16.6. The van der Waals surface area contributed by atoms with E-state index in [-0.39, 0.29) is 383 Å². The van der Waals surface area contributed by atoms with Gasteiger partial charge in [0.15, 0.2) is 0 Å². The zero-order chi connectivity index (χ0) is 101. The molecule has 0 atom stereocenters. The van der Waals surface area contributed by atoms with Gasteiger partial charge in [0, 0.05) is 94.2 Å². The van der Waals surface area contributed by atoms with Crippen LogP contribution in [0.3, 0.4) is 0 Å². The van der Waals surface area contributed by atoms with Crippen LogP contribution in [0.4, 0.5) is 0 Å². The van der Waals surface area contributed by atoms with Gasteiger partial charge in [-0.15, -0.1) is 0 Å². The van der Waals surface area contributed by atoms with Gasteiger partial charge in [-0.05, 0) is 57.8 Å². The van der Waals surface area contributed by atoms with E-state index in [1.807, 2.05) is 0 Å². The molecule has 1 heterocycles. The van der Waals surface area contributed by atoms with E-state index in [0.29, 0.717) is 44.9 Å². The van der Waals surface area contributed by atoms with E-state index >= 15 is 0 Å². The Balaban J connectivity index is -0.000000480. The highest BCUT2D eigenvalue weighted by Gasteiger charge is 2.36. The molecule has 1 rings (SSSR count). The summed E-state index contributed by atoms with van der Waals surface area (Å²) in [6.07, 6.45) is 7.81. The van der Waals surface area contributed by atoms with Gasteiger partial charge in [0.2, 0.25) is 24.3 Å². The van der Waals surface area contributed by atoms with E-state index < -0.39 is 87.9 Å². The van der Waals surface area contributed by atoms with E-state index in [9.17, 15) is 86.3 Å². The number of cyclic esters (lactones) is 2. The lowest BCUT2D eigenvalue weighted by atomic mass is 9.92. The predicted molar refractivity (Wildman–Crippen MR) is 459 cm³/mol. The van der Waals surface area contributed by atoms with Crippen LogP contribution in [0.15, 0.2) is 20.0 Å². The summed E-state index contributed by atoms with van der Waals surface area (Å²) < 4.78 is 113. The summed E-state index contributed by atoms with van der Waals surface area (Å²) in [5, 5.41) is 70.0. The van der Waals surface area contributed by atoms with E-state index in [0.717, 1.165) is 0 Å². The number of rotatable bonds is 88. The number of aliphatic carboxylic acids is 4. The fourth-order valence-electron chi connectivity index (χ4n) is 10.3. The average Bonchev–Trinajstić information content (AvgIpc) is 0.875. The van der Waals surface area contributed by atoms with Crippen molar-refractivity contribution in [2.75, 3.05) is 264 Å². The standard InChI is InChI=1S/C33H48N4O16.C33H52O20.C13H28O8.C5H6O3.3H2/c38-25-34-9-1-5-29(42)50-17-13-46-21-33(22-47-14-18-51-30(43)6-2-10-35-26-39,23-48-15-19-52-31(44)7-3-11-36-27-40)24-49-16-20-53-32(45)8-4-12-37-28-41;34-25(35)5-1-9-29(42)50-17-13-46-21-33(22-47-14-18-51-30(43)10-2-6-26(36)37,23-48-15-19-52-31(44)11-3-7-27(38)39)24-49-16-20-53-32(45)12-4-8-28(40)41;14-1-5-18-9-13(10-19-6-2-15,11-20-7-3-16)12-21-8-4-17;6-4-2-1-3-5(7)8-4;;;/h1-24H2;1-24H2,(H,34,35)(H,36,37)(H,38,39)(H,40,41);14-17H,1-12H2;1-3H2;3*1H. The summed E-state index contributed by atoms with van der Waals surface area (Å²) in [5.41, 5.74) is -2.73. The number of hydrogen-bond donors (Lipinski definition) is 8. The van der Waals surface area contributed by atoms with Crippen molar-refractivity contribution in [3.63, 3.8) is 0 Å². The van der Waals surface area contributed by atoms with Crippen molar-refractivity contribution in [1.29, 1.82) is 0 Å². The Kier molecular flexibility index (Phi) is 88.4. The van der Waals surface area contributed by atoms with Gasteiger partial charge >= 0.3 is 83.6 Å². The zero-order valence-electron chi connectivity index (χ0n) is 76.3. The van der Waals surface area contributed by atoms with Gasteiger partial charge in [-0.1, -0.05) is 0 Å². The second kappa shape index (κ2) is 92.7. The molecule has 0 bridgehead atoms. The van der Waals surface area contributed by atoms with Crippen LogP contribution in [0.2, 0.25) is 0 Å². The first-order valence-electron chi connectivity index (χ1n) is 43.5. The zero-order valence-corrected chi connectivity index (χ0v) is 76.3. The molecule has 1 aliphatic heterocycles. The minimum absolute atomic E-state index is 0. The second-order valence-electron chi connectivity index (χ2n) is 28.8. The Hall–Kier alpha value is -10.3. The number of carbonyl (C=O) groups is 14. The predicted octanol–water partition coefficient (Wildman–Crippen LogP) is 0.894. The third kappa shape index (κ3) is 88.7. The number of ether oxygens (including phenoxy) is 21. The van der Waals surface area contributed by atoms with Crippen molar-refractivity contribution >= 4 is 108 Å². The van der Waals surface area contributed by atoms with Gasteiger partial charge in [-0.3, -0.25) is 67.1 Å². The molecule has 135 heavy (non-hydrogen) atoms. The number of aliphatic hydroxyl groups excluding tert-OH is 4. The van der Waals surface area contributed by atoms with Crippen LogP contribution in [0.25, 0.3) is 0 Å². The van der Waals surface area contributed by atoms with Crippen LogP contribution < -0.4 is 0 Å². The molecule has 1 fully saturated rings. The molecule has 51 heteroatoms. The molecule has 0 aromatic heterocycles. The van der Waals surface area contributed by atoms with Crippen molar-refractivity contribution in [1.82, 2.24) is 0 Å². The summed E-state index contributed by atoms with van der Waals surface area (Å²) in [6, 6.07) is 0. The Labute approximate surface area is 784 Å². The highest BCUT2D eigenvalue weighted by molar-refractivity contribution is 5.88. The molecule has 0 spiro atoms. The van der Waals surface area contributed by atoms with Crippen LogP contribution in [-0.4, -0.2) is 413 Å². The van der Waals surface area contributed by atoms with Crippen molar-refractivity contribution in [2.45, 2.75) is 148 Å². The molecule has 0 aromatic rings. The largest absolute Gasteiger partial charge is 0.481 e.